The summed E-state index contributed by atoms with van der Waals surface area (Å²) in [6.07, 6.45) is 0.377. The molecule has 0 aromatic carbocycles. The van der Waals surface area contributed by atoms with Crippen LogP contribution in [0.1, 0.15) is 13.8 Å². The number of halogens is 1. The molecule has 0 aliphatic heterocycles. The van der Waals surface area contributed by atoms with Crippen LogP contribution >= 0.6 is 0 Å². The van der Waals surface area contributed by atoms with E-state index in [1.807, 2.05) is 0 Å². The normalized spacial score (nSPS) is 10.9. The first-order chi connectivity index (χ1) is 4.66. The zero-order chi connectivity index (χ0) is 7.98. The smallest absolute Gasteiger partial charge is 0.229 e. The van der Waals surface area contributed by atoms with E-state index in [9.17, 15) is 4.39 Å². The molecule has 2 nitrogen and oxygen atoms in total. The van der Waals surface area contributed by atoms with Gasteiger partial charge >= 0.3 is 0 Å². The van der Waals surface area contributed by atoms with E-state index in [-0.39, 0.29) is 12.6 Å². The second kappa shape index (κ2) is 4.85. The number of allylic oxidation sites excluding steroid dienone is 2. The summed E-state index contributed by atoms with van der Waals surface area (Å²) in [5.41, 5.74) is 0. The summed E-state index contributed by atoms with van der Waals surface area (Å²) in [6, 6.07) is 0. The highest BCUT2D eigenvalue weighted by molar-refractivity contribution is 4.79. The fraction of sp³-hybridized carbons (Fsp3) is 0.429. The summed E-state index contributed by atoms with van der Waals surface area (Å²) in [5, 5.41) is 0. The van der Waals surface area contributed by atoms with E-state index in [2.05, 4.69) is 6.58 Å². The van der Waals surface area contributed by atoms with Gasteiger partial charge in [0, 0.05) is 0 Å². The van der Waals surface area contributed by atoms with Crippen molar-refractivity contribution in [2.45, 2.75) is 13.8 Å². The van der Waals surface area contributed by atoms with E-state index in [4.69, 9.17) is 9.47 Å². The van der Waals surface area contributed by atoms with E-state index in [0.29, 0.717) is 12.1 Å². The van der Waals surface area contributed by atoms with Gasteiger partial charge in [-0.3, -0.25) is 0 Å². The second-order valence-corrected chi connectivity index (χ2v) is 1.83. The van der Waals surface area contributed by atoms with Crippen LogP contribution in [0, 0.1) is 0 Å². The van der Waals surface area contributed by atoms with Crippen LogP contribution in [0.3, 0.4) is 0 Å². The molecule has 0 spiro atoms. The average Bonchev–Trinajstić information content (AvgIpc) is 1.87. The Balaban J connectivity index is 3.29. The van der Waals surface area contributed by atoms with E-state index in [1.54, 1.807) is 6.92 Å². The van der Waals surface area contributed by atoms with Gasteiger partial charge in [0.05, 0.1) is 5.76 Å². The van der Waals surface area contributed by atoms with E-state index >= 15 is 0 Å². The minimum atomic E-state index is 0.0155. The van der Waals surface area contributed by atoms with Gasteiger partial charge in [-0.1, -0.05) is 6.58 Å². The lowest BCUT2D eigenvalue weighted by Gasteiger charge is -2.05. The molecule has 0 aliphatic rings. The lowest BCUT2D eigenvalue weighted by molar-refractivity contribution is 0.0145. The minimum absolute atomic E-state index is 0.0155. The zero-order valence-corrected chi connectivity index (χ0v) is 6.19. The molecule has 58 valence electrons. The Labute approximate surface area is 59.9 Å². The highest BCUT2D eigenvalue weighted by Gasteiger charge is 1.88. The summed E-state index contributed by atoms with van der Waals surface area (Å²) < 4.78 is 21.0. The quantitative estimate of drug-likeness (QED) is 0.447. The van der Waals surface area contributed by atoms with Gasteiger partial charge in [-0.25, -0.2) is 4.39 Å². The predicted octanol–water partition coefficient (Wildman–Crippen LogP) is 2.34. The Morgan fingerprint density at radius 3 is 2.50 bits per heavy atom. The molecule has 3 heteroatoms. The van der Waals surface area contributed by atoms with Gasteiger partial charge in [0.15, 0.2) is 0 Å². The Bertz CT molecular complexity index is 141. The monoisotopic (exact) mass is 146 g/mol. The van der Waals surface area contributed by atoms with Gasteiger partial charge in [0.2, 0.25) is 6.79 Å². The molecular formula is C7H11FO2. The molecule has 0 N–H and O–H groups in total. The molecule has 0 bridgehead atoms. The summed E-state index contributed by atoms with van der Waals surface area (Å²) in [5.74, 6) is 0.743. The molecule has 0 saturated carbocycles. The van der Waals surface area contributed by atoms with Crippen molar-refractivity contribution in [1.29, 1.82) is 0 Å². The van der Waals surface area contributed by atoms with Crippen LogP contribution in [-0.2, 0) is 9.47 Å². The van der Waals surface area contributed by atoms with Crippen molar-refractivity contribution in [3.63, 3.8) is 0 Å². The molecule has 0 atom stereocenters. The SMILES string of the molecule is C=C(C)OCOC(C)=CF. The third-order valence-electron chi connectivity index (χ3n) is 0.746. The fourth-order valence-corrected chi connectivity index (χ4v) is 0.254. The number of hydrogen-bond acceptors (Lipinski definition) is 2. The molecule has 0 aromatic rings. The number of hydrogen-bond donors (Lipinski definition) is 0. The molecular weight excluding hydrogens is 135 g/mol. The summed E-state index contributed by atoms with van der Waals surface area (Å²) >= 11 is 0. The maximum absolute atomic E-state index is 11.5. The van der Waals surface area contributed by atoms with Gasteiger partial charge in [0.25, 0.3) is 0 Å². The maximum atomic E-state index is 11.5. The number of ether oxygens (including phenoxy) is 2. The average molecular weight is 146 g/mol. The first kappa shape index (κ1) is 9.01. The maximum Gasteiger partial charge on any atom is 0.229 e. The highest BCUT2D eigenvalue weighted by atomic mass is 19.1. The molecule has 0 fully saturated rings. The second-order valence-electron chi connectivity index (χ2n) is 1.83. The first-order valence-electron chi connectivity index (χ1n) is 2.85. The third-order valence-corrected chi connectivity index (χ3v) is 0.746. The summed E-state index contributed by atoms with van der Waals surface area (Å²) in [7, 11) is 0. The summed E-state index contributed by atoms with van der Waals surface area (Å²) in [4.78, 5) is 0. The largest absolute Gasteiger partial charge is 0.463 e. The first-order valence-corrected chi connectivity index (χ1v) is 2.85. The van der Waals surface area contributed by atoms with Crippen molar-refractivity contribution in [3.05, 3.63) is 24.4 Å². The molecule has 0 heterocycles. The van der Waals surface area contributed by atoms with Crippen molar-refractivity contribution in [2.24, 2.45) is 0 Å². The predicted molar refractivity (Wildman–Crippen MR) is 36.7 cm³/mol. The number of rotatable bonds is 4. The Morgan fingerprint density at radius 2 is 2.10 bits per heavy atom. The Morgan fingerprint density at radius 1 is 1.50 bits per heavy atom. The highest BCUT2D eigenvalue weighted by Crippen LogP contribution is 1.97. The van der Waals surface area contributed by atoms with Crippen LogP contribution in [0.5, 0.6) is 0 Å². The van der Waals surface area contributed by atoms with Crippen molar-refractivity contribution in [1.82, 2.24) is 0 Å². The summed E-state index contributed by atoms with van der Waals surface area (Å²) in [6.45, 7) is 6.67. The third kappa shape index (κ3) is 5.15. The van der Waals surface area contributed by atoms with Crippen LogP contribution in [-0.4, -0.2) is 6.79 Å². The van der Waals surface area contributed by atoms with Gasteiger partial charge < -0.3 is 9.47 Å². The zero-order valence-electron chi connectivity index (χ0n) is 6.19. The van der Waals surface area contributed by atoms with Gasteiger partial charge in [-0.05, 0) is 13.8 Å². The lowest BCUT2D eigenvalue weighted by atomic mass is 10.6. The van der Waals surface area contributed by atoms with E-state index in [0.717, 1.165) is 0 Å². The van der Waals surface area contributed by atoms with Crippen LogP contribution in [0.15, 0.2) is 24.4 Å². The van der Waals surface area contributed by atoms with Crippen molar-refractivity contribution in [2.75, 3.05) is 6.79 Å². The lowest BCUT2D eigenvalue weighted by Crippen LogP contribution is -1.95. The standard InChI is InChI=1S/C7H11FO2/c1-6(2)9-5-10-7(3)4-8/h4H,1,5H2,2-3H3. The van der Waals surface area contributed by atoms with Crippen molar-refractivity contribution < 1.29 is 13.9 Å². The Kier molecular flexibility index (Phi) is 4.37. The van der Waals surface area contributed by atoms with E-state index in [1.165, 1.54) is 6.92 Å². The molecule has 0 aromatic heterocycles. The van der Waals surface area contributed by atoms with Crippen LogP contribution in [0.2, 0.25) is 0 Å². The van der Waals surface area contributed by atoms with Crippen LogP contribution < -0.4 is 0 Å². The Hall–Kier alpha value is -0.990. The van der Waals surface area contributed by atoms with E-state index < -0.39 is 0 Å². The van der Waals surface area contributed by atoms with Crippen LogP contribution in [0.4, 0.5) is 4.39 Å². The molecule has 0 aliphatic carbocycles. The molecule has 0 unspecified atom stereocenters. The van der Waals surface area contributed by atoms with Gasteiger partial charge in [0.1, 0.15) is 12.1 Å². The molecule has 0 amide bonds. The fourth-order valence-electron chi connectivity index (χ4n) is 0.254. The van der Waals surface area contributed by atoms with Gasteiger partial charge in [-0.15, -0.1) is 0 Å². The molecule has 10 heavy (non-hydrogen) atoms. The van der Waals surface area contributed by atoms with Crippen molar-refractivity contribution in [3.8, 4) is 0 Å². The van der Waals surface area contributed by atoms with Crippen molar-refractivity contribution >= 4 is 0 Å². The van der Waals surface area contributed by atoms with Gasteiger partial charge in [-0.2, -0.15) is 0 Å². The topological polar surface area (TPSA) is 18.5 Å². The molecule has 0 saturated heterocycles. The molecule has 0 rings (SSSR count). The van der Waals surface area contributed by atoms with Crippen LogP contribution in [0.25, 0.3) is 0 Å². The minimum Gasteiger partial charge on any atom is -0.463 e. The molecule has 0 radical (unpaired) electrons.